The van der Waals surface area contributed by atoms with E-state index in [1.165, 1.54) is 25.7 Å². The summed E-state index contributed by atoms with van der Waals surface area (Å²) in [6.45, 7) is 21.4. The van der Waals surface area contributed by atoms with Crippen LogP contribution in [-0.2, 0) is 66.4 Å². The van der Waals surface area contributed by atoms with Crippen LogP contribution >= 0.6 is 0 Å². The summed E-state index contributed by atoms with van der Waals surface area (Å²) < 4.78 is 71.6. The van der Waals surface area contributed by atoms with E-state index in [0.717, 1.165) is 32.3 Å². The molecule has 14 heteroatoms. The van der Waals surface area contributed by atoms with Crippen molar-refractivity contribution in [1.82, 2.24) is 0 Å². The first-order valence-electron chi connectivity index (χ1n) is 20.8. The number of esters is 1. The molecule has 0 aliphatic rings. The van der Waals surface area contributed by atoms with Crippen LogP contribution in [0.3, 0.4) is 0 Å². The van der Waals surface area contributed by atoms with Gasteiger partial charge in [0, 0.05) is 6.61 Å². The van der Waals surface area contributed by atoms with Gasteiger partial charge < -0.3 is 61.6 Å². The molecule has 0 N–H and O–H groups in total. The quantitative estimate of drug-likeness (QED) is 0.0594. The van der Waals surface area contributed by atoms with Crippen molar-refractivity contribution in [1.29, 1.82) is 0 Å². The molecule has 14 nitrogen and oxygen atoms in total. The number of hydrogen-bond donors (Lipinski definition) is 0. The molecule has 0 aromatic carbocycles. The van der Waals surface area contributed by atoms with E-state index in [9.17, 15) is 4.79 Å². The number of carbonyl (C=O) groups is 1. The van der Waals surface area contributed by atoms with E-state index < -0.39 is 0 Å². The Morgan fingerprint density at radius 3 is 0.907 bits per heavy atom. The number of ether oxygens (including phenoxy) is 13. The normalized spacial score (nSPS) is 12.7. The molecule has 0 fully saturated rings. The van der Waals surface area contributed by atoms with Gasteiger partial charge in [-0.2, -0.15) is 0 Å². The Balaban J connectivity index is 3.16. The van der Waals surface area contributed by atoms with Crippen LogP contribution in [0.25, 0.3) is 0 Å². The second kappa shape index (κ2) is 46.4. The van der Waals surface area contributed by atoms with Gasteiger partial charge in [0.15, 0.2) is 0 Å². The Morgan fingerprint density at radius 1 is 0.352 bits per heavy atom. The predicted molar refractivity (Wildman–Crippen MR) is 207 cm³/mol. The van der Waals surface area contributed by atoms with Crippen LogP contribution in [0.15, 0.2) is 0 Å². The van der Waals surface area contributed by atoms with E-state index in [0.29, 0.717) is 158 Å². The van der Waals surface area contributed by atoms with Gasteiger partial charge in [-0.25, -0.2) is 0 Å². The highest BCUT2D eigenvalue weighted by Gasteiger charge is 2.17. The SMILES string of the molecule is CCCCC(CC)COCCOCCOCCOCCOCCOCCOCCOCCOCCOCCOCCOCCOC(=O)C(CC)CCCC. The molecule has 0 aromatic rings. The average molecular weight is 785 g/mol. The van der Waals surface area contributed by atoms with E-state index in [-0.39, 0.29) is 18.5 Å². The maximum atomic E-state index is 12.0. The van der Waals surface area contributed by atoms with Crippen LogP contribution in [0, 0.1) is 11.8 Å². The van der Waals surface area contributed by atoms with Crippen LogP contribution in [0.4, 0.5) is 0 Å². The lowest BCUT2D eigenvalue weighted by atomic mass is 10.00. The first-order valence-corrected chi connectivity index (χ1v) is 20.8. The zero-order chi connectivity index (χ0) is 39.3. The lowest BCUT2D eigenvalue weighted by molar-refractivity contribution is -0.150. The minimum Gasteiger partial charge on any atom is -0.463 e. The molecule has 0 saturated carbocycles. The van der Waals surface area contributed by atoms with Gasteiger partial charge in [0.25, 0.3) is 0 Å². The predicted octanol–water partition coefficient (Wildman–Crippen LogP) is 5.16. The molecular formula is C40H80O14. The zero-order valence-electron chi connectivity index (χ0n) is 34.7. The number of rotatable bonds is 47. The average Bonchev–Trinajstić information content (AvgIpc) is 3.18. The summed E-state index contributed by atoms with van der Waals surface area (Å²) >= 11 is 0. The topological polar surface area (TPSA) is 137 Å². The summed E-state index contributed by atoms with van der Waals surface area (Å²) in [4.78, 5) is 12.0. The molecule has 0 radical (unpaired) electrons. The summed E-state index contributed by atoms with van der Waals surface area (Å²) in [5.74, 6) is 0.539. The van der Waals surface area contributed by atoms with Gasteiger partial charge in [0.05, 0.1) is 158 Å². The summed E-state index contributed by atoms with van der Waals surface area (Å²) in [7, 11) is 0. The Hall–Kier alpha value is -1.01. The first-order chi connectivity index (χ1) is 26.7. The summed E-state index contributed by atoms with van der Waals surface area (Å²) in [6.07, 6.45) is 8.77. The maximum absolute atomic E-state index is 12.0. The van der Waals surface area contributed by atoms with E-state index in [2.05, 4.69) is 20.8 Å². The fourth-order valence-corrected chi connectivity index (χ4v) is 4.83. The molecular weight excluding hydrogens is 704 g/mol. The monoisotopic (exact) mass is 785 g/mol. The molecule has 0 aliphatic carbocycles. The van der Waals surface area contributed by atoms with E-state index in [4.69, 9.17) is 61.6 Å². The lowest BCUT2D eigenvalue weighted by Crippen LogP contribution is -2.20. The third-order valence-electron chi connectivity index (χ3n) is 8.19. The molecule has 0 amide bonds. The maximum Gasteiger partial charge on any atom is 0.308 e. The van der Waals surface area contributed by atoms with Crippen molar-refractivity contribution in [3.8, 4) is 0 Å². The molecule has 324 valence electrons. The second-order valence-corrected chi connectivity index (χ2v) is 12.6. The zero-order valence-corrected chi connectivity index (χ0v) is 34.7. The van der Waals surface area contributed by atoms with Crippen molar-refractivity contribution in [2.45, 2.75) is 79.1 Å². The summed E-state index contributed by atoms with van der Waals surface area (Å²) in [6, 6.07) is 0. The molecule has 54 heavy (non-hydrogen) atoms. The molecule has 0 spiro atoms. The van der Waals surface area contributed by atoms with Gasteiger partial charge in [0.2, 0.25) is 0 Å². The molecule has 0 bridgehead atoms. The van der Waals surface area contributed by atoms with Crippen molar-refractivity contribution in [2.24, 2.45) is 11.8 Å². The molecule has 2 unspecified atom stereocenters. The first kappa shape index (κ1) is 53.0. The molecule has 2 atom stereocenters. The fourth-order valence-electron chi connectivity index (χ4n) is 4.83. The Bertz CT molecular complexity index is 720. The number of unbranched alkanes of at least 4 members (excludes halogenated alkanes) is 2. The fraction of sp³-hybridized carbons (Fsp3) is 0.975. The lowest BCUT2D eigenvalue weighted by Gasteiger charge is -2.14. The summed E-state index contributed by atoms with van der Waals surface area (Å²) in [5.41, 5.74) is 0. The van der Waals surface area contributed by atoms with Gasteiger partial charge in [-0.15, -0.1) is 0 Å². The summed E-state index contributed by atoms with van der Waals surface area (Å²) in [5, 5.41) is 0. The van der Waals surface area contributed by atoms with Crippen LogP contribution in [-0.4, -0.2) is 171 Å². The van der Waals surface area contributed by atoms with Crippen LogP contribution in [0.2, 0.25) is 0 Å². The molecule has 0 heterocycles. The van der Waals surface area contributed by atoms with Crippen molar-refractivity contribution < 1.29 is 66.4 Å². The molecule has 0 aliphatic heterocycles. The minimum atomic E-state index is -0.120. The van der Waals surface area contributed by atoms with Crippen molar-refractivity contribution in [3.05, 3.63) is 0 Å². The van der Waals surface area contributed by atoms with E-state index in [1.54, 1.807) is 0 Å². The standard InChI is InChI=1S/C40H80O14/c1-5-9-11-38(7-3)37-53-34-33-51-30-29-49-26-25-47-22-21-45-18-17-43-14-13-42-15-16-44-19-20-46-23-24-48-27-28-50-31-32-52-35-36-54-40(41)39(8-4)12-10-6-2/h38-39H,5-37H2,1-4H3. The molecule has 0 aromatic heterocycles. The van der Waals surface area contributed by atoms with Crippen LogP contribution in [0.1, 0.15) is 79.1 Å². The molecule has 0 rings (SSSR count). The van der Waals surface area contributed by atoms with Gasteiger partial charge in [-0.05, 0) is 25.2 Å². The van der Waals surface area contributed by atoms with Gasteiger partial charge in [-0.1, -0.05) is 59.8 Å². The van der Waals surface area contributed by atoms with Gasteiger partial charge in [0.1, 0.15) is 6.61 Å². The number of hydrogen-bond acceptors (Lipinski definition) is 14. The van der Waals surface area contributed by atoms with E-state index in [1.807, 2.05) is 6.92 Å². The van der Waals surface area contributed by atoms with Gasteiger partial charge in [-0.3, -0.25) is 4.79 Å². The van der Waals surface area contributed by atoms with Crippen LogP contribution in [0.5, 0.6) is 0 Å². The highest BCUT2D eigenvalue weighted by Crippen LogP contribution is 2.14. The van der Waals surface area contributed by atoms with Crippen molar-refractivity contribution in [2.75, 3.05) is 165 Å². The smallest absolute Gasteiger partial charge is 0.308 e. The van der Waals surface area contributed by atoms with Crippen molar-refractivity contribution in [3.63, 3.8) is 0 Å². The highest BCUT2D eigenvalue weighted by molar-refractivity contribution is 5.72. The third-order valence-corrected chi connectivity index (χ3v) is 8.19. The third kappa shape index (κ3) is 40.6. The van der Waals surface area contributed by atoms with Gasteiger partial charge >= 0.3 is 5.97 Å². The Kier molecular flexibility index (Phi) is 45.5. The number of carbonyl (C=O) groups excluding carboxylic acids is 1. The van der Waals surface area contributed by atoms with E-state index >= 15 is 0 Å². The minimum absolute atomic E-state index is 0.00449. The Labute approximate surface area is 328 Å². The second-order valence-electron chi connectivity index (χ2n) is 12.6. The Morgan fingerprint density at radius 2 is 0.630 bits per heavy atom. The van der Waals surface area contributed by atoms with Crippen molar-refractivity contribution >= 4 is 5.97 Å². The largest absolute Gasteiger partial charge is 0.463 e. The van der Waals surface area contributed by atoms with Crippen LogP contribution < -0.4 is 0 Å². The molecule has 0 saturated heterocycles. The highest BCUT2D eigenvalue weighted by atomic mass is 16.6.